The van der Waals surface area contributed by atoms with Crippen LogP contribution < -0.4 is 0 Å². The van der Waals surface area contributed by atoms with Crippen molar-refractivity contribution < 1.29 is 9.53 Å². The first-order valence-corrected chi connectivity index (χ1v) is 13.9. The molecule has 0 radical (unpaired) electrons. The lowest BCUT2D eigenvalue weighted by Crippen LogP contribution is -1.99. The second kappa shape index (κ2) is 12.7. The summed E-state index contributed by atoms with van der Waals surface area (Å²) in [4.78, 5) is 20.5. The topological polar surface area (TPSA) is 88.5 Å². The molecule has 0 aliphatic carbocycles. The molecule has 3 aromatic carbocycles. The molecule has 0 aliphatic rings. The van der Waals surface area contributed by atoms with Crippen molar-refractivity contribution in [2.75, 3.05) is 7.11 Å². The Hall–Kier alpha value is -3.64. The molecule has 11 heteroatoms. The van der Waals surface area contributed by atoms with Crippen LogP contribution in [0.25, 0.3) is 33.1 Å². The molecule has 3 heterocycles. The lowest BCUT2D eigenvalue weighted by molar-refractivity contribution is 0.101. The molecular weight excluding hydrogens is 561 g/mol. The summed E-state index contributed by atoms with van der Waals surface area (Å²) < 4.78 is 13.2. The fourth-order valence-corrected chi connectivity index (χ4v) is 5.30. The van der Waals surface area contributed by atoms with Gasteiger partial charge in [-0.25, -0.2) is 0 Å². The van der Waals surface area contributed by atoms with E-state index in [-0.39, 0.29) is 5.78 Å². The van der Waals surface area contributed by atoms with Crippen molar-refractivity contribution in [3.05, 3.63) is 86.6 Å². The molecule has 40 heavy (non-hydrogen) atoms. The number of nitrogens with zero attached hydrogens (tertiary/aromatic N) is 3. The molecule has 0 bridgehead atoms. The van der Waals surface area contributed by atoms with E-state index < -0.39 is 0 Å². The Morgan fingerprint density at radius 1 is 0.800 bits per heavy atom. The number of methoxy groups -OCH3 is 1. The molecule has 0 aliphatic heterocycles. The van der Waals surface area contributed by atoms with Crippen molar-refractivity contribution in [2.45, 2.75) is 33.5 Å². The Morgan fingerprint density at radius 3 is 2.00 bits per heavy atom. The monoisotopic (exact) mass is 592 g/mol. The molecule has 208 valence electrons. The number of hydrogen-bond acceptors (Lipinski definition) is 5. The van der Waals surface area contributed by atoms with Crippen LogP contribution in [0.5, 0.6) is 0 Å². The van der Waals surface area contributed by atoms with Crippen LogP contribution in [0, 0.1) is 14.3 Å². The van der Waals surface area contributed by atoms with Crippen LogP contribution in [0.3, 0.4) is 0 Å². The van der Waals surface area contributed by atoms with Crippen LogP contribution >= 0.6 is 36.7 Å². The third-order valence-electron chi connectivity index (χ3n) is 6.39. The number of benzene rings is 3. The average Bonchev–Trinajstić information content (AvgIpc) is 3.54. The van der Waals surface area contributed by atoms with Crippen LogP contribution in [0.2, 0.25) is 0 Å². The van der Waals surface area contributed by atoms with Gasteiger partial charge in [0, 0.05) is 25.8 Å². The Bertz CT molecular complexity index is 1970. The highest BCUT2D eigenvalue weighted by Gasteiger charge is 2.06. The first-order chi connectivity index (χ1) is 19.1. The van der Waals surface area contributed by atoms with Crippen LogP contribution in [-0.4, -0.2) is 41.5 Å². The maximum atomic E-state index is 11.1. The second-order valence-corrected chi connectivity index (χ2v) is 10.6. The van der Waals surface area contributed by atoms with Gasteiger partial charge in [-0.3, -0.25) is 9.36 Å². The number of aromatic nitrogens is 6. The van der Waals surface area contributed by atoms with E-state index in [2.05, 4.69) is 39.4 Å². The summed E-state index contributed by atoms with van der Waals surface area (Å²) in [6, 6.07) is 22.1. The van der Waals surface area contributed by atoms with Gasteiger partial charge < -0.3 is 28.8 Å². The van der Waals surface area contributed by atoms with Crippen molar-refractivity contribution in [1.29, 1.82) is 0 Å². The predicted molar refractivity (Wildman–Crippen MR) is 170 cm³/mol. The zero-order chi connectivity index (χ0) is 29.0. The number of H-pyrrole nitrogens is 3. The molecule has 0 spiro atoms. The number of carbonyl (C=O) groups excluding carboxylic acids is 1. The highest BCUT2D eigenvalue weighted by molar-refractivity contribution is 7.71. The number of imidazole rings is 3. The molecule has 0 saturated heterocycles. The van der Waals surface area contributed by atoms with Gasteiger partial charge in [0.05, 0.1) is 33.1 Å². The van der Waals surface area contributed by atoms with Gasteiger partial charge in [0.1, 0.15) is 6.73 Å². The third kappa shape index (κ3) is 6.23. The summed E-state index contributed by atoms with van der Waals surface area (Å²) in [5.41, 5.74) is 7.04. The van der Waals surface area contributed by atoms with E-state index in [4.69, 9.17) is 41.4 Å². The average molecular weight is 593 g/mol. The maximum Gasteiger partial charge on any atom is 0.180 e. The first kappa shape index (κ1) is 29.3. The molecule has 0 atom stereocenters. The lowest BCUT2D eigenvalue weighted by Gasteiger charge is -2.07. The number of para-hydroxylation sites is 4. The Labute approximate surface area is 247 Å². The van der Waals surface area contributed by atoms with Gasteiger partial charge in [0.25, 0.3) is 0 Å². The first-order valence-electron chi connectivity index (χ1n) is 12.7. The standard InChI is InChI=1S/C10H10N2OS.C10H12N2S.C9H10N2OS/c1-6(13)7-3-4-9-8(5-7)11-10(14)12(9)2;1-7(2)12-9-6-4-3-5-8(9)11-10(12)13;1-12-6-11-8-5-3-2-4-7(8)10-9(11)13/h3-5H,1-2H3,(H,11,14);3-7H,1-2H3,(H,11,13);2-5H,6H2,1H3,(H,10,13). The molecule has 3 N–H and O–H groups in total. The van der Waals surface area contributed by atoms with Crippen molar-refractivity contribution in [3.8, 4) is 0 Å². The van der Waals surface area contributed by atoms with E-state index in [9.17, 15) is 4.79 Å². The number of fused-ring (bicyclic) bond motifs is 3. The zero-order valence-corrected chi connectivity index (χ0v) is 25.5. The third-order valence-corrected chi connectivity index (χ3v) is 7.39. The summed E-state index contributed by atoms with van der Waals surface area (Å²) in [5, 5.41) is 0. The summed E-state index contributed by atoms with van der Waals surface area (Å²) in [6.07, 6.45) is 0. The Kier molecular flexibility index (Phi) is 9.31. The van der Waals surface area contributed by atoms with E-state index in [0.29, 0.717) is 27.9 Å². The van der Waals surface area contributed by atoms with E-state index in [0.717, 1.165) is 32.4 Å². The second-order valence-electron chi connectivity index (χ2n) is 9.48. The molecule has 8 nitrogen and oxygen atoms in total. The SMILES string of the molecule is CC(=O)c1ccc2c(c1)[nH]c(=S)n2C.CC(C)n1c(=S)[nH]c2ccccc21.COCn1c(=S)[nH]c2ccccc21. The Morgan fingerprint density at radius 2 is 1.38 bits per heavy atom. The molecule has 6 aromatic rings. The van der Waals surface area contributed by atoms with Crippen molar-refractivity contribution in [2.24, 2.45) is 7.05 Å². The van der Waals surface area contributed by atoms with Crippen molar-refractivity contribution in [1.82, 2.24) is 28.7 Å². The van der Waals surface area contributed by atoms with Crippen LogP contribution in [-0.2, 0) is 18.5 Å². The number of Topliss-reactive ketones (excluding diaryl/α,β-unsaturated/α-hetero) is 1. The van der Waals surface area contributed by atoms with Crippen LogP contribution in [0.4, 0.5) is 0 Å². The zero-order valence-electron chi connectivity index (χ0n) is 23.0. The number of aromatic amines is 3. The summed E-state index contributed by atoms with van der Waals surface area (Å²) in [6.45, 7) is 6.31. The number of rotatable bonds is 4. The molecule has 6 rings (SSSR count). The smallest absolute Gasteiger partial charge is 0.180 e. The maximum absolute atomic E-state index is 11.1. The van der Waals surface area contributed by atoms with Gasteiger partial charge in [-0.15, -0.1) is 0 Å². The number of carbonyl (C=O) groups is 1. The largest absolute Gasteiger partial charge is 0.364 e. The van der Waals surface area contributed by atoms with Crippen molar-refractivity contribution in [3.63, 3.8) is 0 Å². The van der Waals surface area contributed by atoms with Crippen molar-refractivity contribution >= 4 is 75.5 Å². The number of nitrogens with one attached hydrogen (secondary N) is 3. The molecular formula is C29H32N6O2S3. The fourth-order valence-electron chi connectivity index (χ4n) is 4.41. The minimum absolute atomic E-state index is 0.0649. The van der Waals surface area contributed by atoms with E-state index in [1.807, 2.05) is 76.8 Å². The highest BCUT2D eigenvalue weighted by atomic mass is 32.1. The van der Waals surface area contributed by atoms with Crippen LogP contribution in [0.15, 0.2) is 66.7 Å². The van der Waals surface area contributed by atoms with Gasteiger partial charge in [0.2, 0.25) is 0 Å². The number of hydrogen-bond donors (Lipinski definition) is 3. The number of aryl methyl sites for hydroxylation is 1. The summed E-state index contributed by atoms with van der Waals surface area (Å²) >= 11 is 15.5. The quantitative estimate of drug-likeness (QED) is 0.143. The van der Waals surface area contributed by atoms with Gasteiger partial charge in [-0.2, -0.15) is 0 Å². The highest BCUT2D eigenvalue weighted by Crippen LogP contribution is 2.18. The summed E-state index contributed by atoms with van der Waals surface area (Å²) in [7, 11) is 3.55. The van der Waals surface area contributed by atoms with Gasteiger partial charge in [0.15, 0.2) is 20.1 Å². The number of ketones is 1. The van der Waals surface area contributed by atoms with Gasteiger partial charge >= 0.3 is 0 Å². The predicted octanol–water partition coefficient (Wildman–Crippen LogP) is 8.02. The molecule has 0 fully saturated rings. The molecule has 0 unspecified atom stereocenters. The minimum atomic E-state index is 0.0649. The Balaban J connectivity index is 0.000000139. The normalized spacial score (nSPS) is 10.9. The molecule has 3 aromatic heterocycles. The van der Waals surface area contributed by atoms with E-state index in [1.54, 1.807) is 14.0 Å². The fraction of sp³-hybridized carbons (Fsp3) is 0.241. The summed E-state index contributed by atoms with van der Waals surface area (Å²) in [5.74, 6) is 0.0649. The number of ether oxygens (including phenoxy) is 1. The van der Waals surface area contributed by atoms with Crippen LogP contribution in [0.1, 0.15) is 37.2 Å². The van der Waals surface area contributed by atoms with E-state index >= 15 is 0 Å². The lowest BCUT2D eigenvalue weighted by atomic mass is 10.1. The van der Waals surface area contributed by atoms with Gasteiger partial charge in [-0.05, 0) is 99.9 Å². The molecule has 0 amide bonds. The van der Waals surface area contributed by atoms with E-state index in [1.165, 1.54) is 5.52 Å². The minimum Gasteiger partial charge on any atom is -0.364 e. The molecule has 0 saturated carbocycles. The van der Waals surface area contributed by atoms with Gasteiger partial charge in [-0.1, -0.05) is 24.3 Å².